The number of carbonyl (C=O) groups is 1. The van der Waals surface area contributed by atoms with Crippen LogP contribution in [0.3, 0.4) is 0 Å². The molecule has 1 aromatic rings. The number of rotatable bonds is 7. The van der Waals surface area contributed by atoms with E-state index in [0.29, 0.717) is 18.9 Å². The zero-order valence-corrected chi connectivity index (χ0v) is 16.0. The third kappa shape index (κ3) is 6.96. The zero-order chi connectivity index (χ0) is 19.9. The lowest BCUT2D eigenvalue weighted by Crippen LogP contribution is -2.36. The second-order valence-electron chi connectivity index (χ2n) is 7.04. The summed E-state index contributed by atoms with van der Waals surface area (Å²) >= 11 is 0. The van der Waals surface area contributed by atoms with Crippen LogP contribution in [0.4, 0.5) is 13.2 Å². The molecule has 152 valence electrons. The molecular formula is C20H28F3NO3. The van der Waals surface area contributed by atoms with E-state index >= 15 is 0 Å². The molecular weight excluding hydrogens is 359 g/mol. The Labute approximate surface area is 158 Å². The fourth-order valence-electron chi connectivity index (χ4n) is 3.42. The summed E-state index contributed by atoms with van der Waals surface area (Å²) in [6.07, 6.45) is 3.38. The molecule has 0 heterocycles. The number of halogens is 3. The van der Waals surface area contributed by atoms with E-state index in [1.54, 1.807) is 12.1 Å². The molecule has 1 amide bonds. The summed E-state index contributed by atoms with van der Waals surface area (Å²) in [7, 11) is 3.25. The number of alkyl halides is 3. The summed E-state index contributed by atoms with van der Waals surface area (Å²) in [4.78, 5) is 14.4. The first kappa shape index (κ1) is 21.4. The van der Waals surface area contributed by atoms with E-state index in [-0.39, 0.29) is 17.4 Å². The highest BCUT2D eigenvalue weighted by Crippen LogP contribution is 2.30. The van der Waals surface area contributed by atoms with E-state index in [0.717, 1.165) is 18.4 Å². The predicted octanol–water partition coefficient (Wildman–Crippen LogP) is 4.75. The van der Waals surface area contributed by atoms with Crippen molar-refractivity contribution in [3.63, 3.8) is 0 Å². The maximum Gasteiger partial charge on any atom is 0.422 e. The van der Waals surface area contributed by atoms with Crippen molar-refractivity contribution in [3.8, 4) is 11.5 Å². The van der Waals surface area contributed by atoms with E-state index in [1.807, 2.05) is 11.9 Å². The van der Waals surface area contributed by atoms with E-state index in [9.17, 15) is 18.0 Å². The van der Waals surface area contributed by atoms with Gasteiger partial charge in [0, 0.05) is 19.5 Å². The van der Waals surface area contributed by atoms with Crippen molar-refractivity contribution in [3.05, 3.63) is 23.8 Å². The third-order valence-electron chi connectivity index (χ3n) is 5.01. The lowest BCUT2D eigenvalue weighted by Gasteiger charge is -2.27. The van der Waals surface area contributed by atoms with Crippen LogP contribution < -0.4 is 9.47 Å². The smallest absolute Gasteiger partial charge is 0.422 e. The van der Waals surface area contributed by atoms with Crippen LogP contribution in [0.5, 0.6) is 11.5 Å². The van der Waals surface area contributed by atoms with Crippen LogP contribution in [0.2, 0.25) is 0 Å². The first-order chi connectivity index (χ1) is 12.8. The van der Waals surface area contributed by atoms with Crippen molar-refractivity contribution in [1.82, 2.24) is 4.90 Å². The maximum absolute atomic E-state index is 12.5. The molecule has 27 heavy (non-hydrogen) atoms. The Morgan fingerprint density at radius 2 is 1.81 bits per heavy atom. The average molecular weight is 387 g/mol. The molecule has 0 atom stereocenters. The summed E-state index contributed by atoms with van der Waals surface area (Å²) in [6, 6.07) is 5.07. The summed E-state index contributed by atoms with van der Waals surface area (Å²) in [6.45, 7) is -1.37. The number of methoxy groups -OCH3 is 1. The van der Waals surface area contributed by atoms with Gasteiger partial charge in [0.2, 0.25) is 5.91 Å². The normalized spacial score (nSPS) is 15.9. The van der Waals surface area contributed by atoms with Crippen LogP contribution in [0.1, 0.15) is 50.5 Å². The lowest BCUT2D eigenvalue weighted by atomic mass is 10.1. The highest BCUT2D eigenvalue weighted by molar-refractivity contribution is 5.76. The highest BCUT2D eigenvalue weighted by atomic mass is 19.4. The van der Waals surface area contributed by atoms with Crippen LogP contribution in [0.25, 0.3) is 0 Å². The number of amides is 1. The SMILES string of the molecule is COc1cc(CCC(=O)N(C)C2CCCCCC2)ccc1OCC(F)(F)F. The topological polar surface area (TPSA) is 38.8 Å². The molecule has 0 spiro atoms. The Balaban J connectivity index is 1.91. The van der Waals surface area contributed by atoms with Gasteiger partial charge in [-0.05, 0) is 37.0 Å². The number of carbonyl (C=O) groups excluding carboxylic acids is 1. The first-order valence-corrected chi connectivity index (χ1v) is 9.42. The minimum atomic E-state index is -4.40. The van der Waals surface area contributed by atoms with Gasteiger partial charge in [0.1, 0.15) is 0 Å². The van der Waals surface area contributed by atoms with Gasteiger partial charge in [-0.2, -0.15) is 13.2 Å². The van der Waals surface area contributed by atoms with Crippen LogP contribution in [0, 0.1) is 0 Å². The highest BCUT2D eigenvalue weighted by Gasteiger charge is 2.29. The van der Waals surface area contributed by atoms with Crippen molar-refractivity contribution in [1.29, 1.82) is 0 Å². The van der Waals surface area contributed by atoms with E-state index < -0.39 is 12.8 Å². The van der Waals surface area contributed by atoms with Crippen molar-refractivity contribution < 1.29 is 27.4 Å². The zero-order valence-electron chi connectivity index (χ0n) is 16.0. The molecule has 0 radical (unpaired) electrons. The second kappa shape index (κ2) is 9.85. The van der Waals surface area contributed by atoms with Gasteiger partial charge in [0.25, 0.3) is 0 Å². The molecule has 0 saturated heterocycles. The van der Waals surface area contributed by atoms with Gasteiger partial charge in [0.05, 0.1) is 7.11 Å². The average Bonchev–Trinajstić information content (AvgIpc) is 2.92. The predicted molar refractivity (Wildman–Crippen MR) is 97.1 cm³/mol. The Kier molecular flexibility index (Phi) is 7.80. The van der Waals surface area contributed by atoms with E-state index in [2.05, 4.69) is 0 Å². The fraction of sp³-hybridized carbons (Fsp3) is 0.650. The van der Waals surface area contributed by atoms with Gasteiger partial charge in [0.15, 0.2) is 18.1 Å². The molecule has 0 N–H and O–H groups in total. The van der Waals surface area contributed by atoms with Crippen molar-refractivity contribution in [2.45, 2.75) is 63.6 Å². The number of hydrogen-bond acceptors (Lipinski definition) is 3. The Bertz CT molecular complexity index is 611. The van der Waals surface area contributed by atoms with Gasteiger partial charge < -0.3 is 14.4 Å². The van der Waals surface area contributed by atoms with Crippen molar-refractivity contribution >= 4 is 5.91 Å². The molecule has 1 aliphatic carbocycles. The number of aryl methyl sites for hydroxylation is 1. The number of hydrogen-bond donors (Lipinski definition) is 0. The Morgan fingerprint density at radius 1 is 1.15 bits per heavy atom. The van der Waals surface area contributed by atoms with Crippen LogP contribution in [0.15, 0.2) is 18.2 Å². The summed E-state index contributed by atoms with van der Waals surface area (Å²) < 4.78 is 46.8. The fourth-order valence-corrected chi connectivity index (χ4v) is 3.42. The van der Waals surface area contributed by atoms with Crippen LogP contribution in [-0.4, -0.2) is 43.8 Å². The molecule has 0 unspecified atom stereocenters. The summed E-state index contributed by atoms with van der Waals surface area (Å²) in [5.74, 6) is 0.375. The van der Waals surface area contributed by atoms with Crippen molar-refractivity contribution in [2.24, 2.45) is 0 Å². The minimum absolute atomic E-state index is 0.0421. The van der Waals surface area contributed by atoms with Gasteiger partial charge in [-0.15, -0.1) is 0 Å². The van der Waals surface area contributed by atoms with E-state index in [4.69, 9.17) is 9.47 Å². The minimum Gasteiger partial charge on any atom is -0.493 e. The molecule has 0 aliphatic heterocycles. The van der Waals surface area contributed by atoms with Gasteiger partial charge in [-0.3, -0.25) is 4.79 Å². The largest absolute Gasteiger partial charge is 0.493 e. The van der Waals surface area contributed by atoms with Crippen LogP contribution >= 0.6 is 0 Å². The summed E-state index contributed by atoms with van der Waals surface area (Å²) in [5.41, 5.74) is 0.828. The lowest BCUT2D eigenvalue weighted by molar-refractivity contribution is -0.153. The molecule has 0 bridgehead atoms. The standard InChI is InChI=1S/C20H28F3NO3/c1-24(16-7-5-3-4-6-8-16)19(25)12-10-15-9-11-17(18(13-15)26-2)27-14-20(21,22)23/h9,11,13,16H,3-8,10,12,14H2,1-2H3. The monoisotopic (exact) mass is 387 g/mol. The molecule has 0 aromatic heterocycles. The molecule has 1 saturated carbocycles. The van der Waals surface area contributed by atoms with Gasteiger partial charge >= 0.3 is 6.18 Å². The van der Waals surface area contributed by atoms with E-state index in [1.165, 1.54) is 38.9 Å². The van der Waals surface area contributed by atoms with Crippen LogP contribution in [-0.2, 0) is 11.2 Å². The molecule has 1 aromatic carbocycles. The number of benzene rings is 1. The first-order valence-electron chi connectivity index (χ1n) is 9.42. The summed E-state index contributed by atoms with van der Waals surface area (Å²) in [5, 5.41) is 0. The Hall–Kier alpha value is -1.92. The third-order valence-corrected chi connectivity index (χ3v) is 5.01. The number of ether oxygens (including phenoxy) is 2. The maximum atomic E-state index is 12.5. The molecule has 4 nitrogen and oxygen atoms in total. The quantitative estimate of drug-likeness (QED) is 0.634. The molecule has 7 heteroatoms. The van der Waals surface area contributed by atoms with Gasteiger partial charge in [-0.1, -0.05) is 31.7 Å². The second-order valence-corrected chi connectivity index (χ2v) is 7.04. The molecule has 2 rings (SSSR count). The molecule has 1 aliphatic rings. The van der Waals surface area contributed by atoms with Crippen molar-refractivity contribution in [2.75, 3.05) is 20.8 Å². The Morgan fingerprint density at radius 3 is 2.41 bits per heavy atom. The molecule has 1 fully saturated rings. The van der Waals surface area contributed by atoms with Gasteiger partial charge in [-0.25, -0.2) is 0 Å². The number of nitrogens with zero attached hydrogens (tertiary/aromatic N) is 1.